The molecule has 2 heterocycles. The first-order valence-electron chi connectivity index (χ1n) is 11.6. The molecule has 0 aliphatic carbocycles. The van der Waals surface area contributed by atoms with Gasteiger partial charge in [0.1, 0.15) is 0 Å². The number of hydrogen-bond acceptors (Lipinski definition) is 3. The van der Waals surface area contributed by atoms with Crippen molar-refractivity contribution in [2.45, 2.75) is 32.0 Å². The highest BCUT2D eigenvalue weighted by atomic mass is 16.2. The van der Waals surface area contributed by atoms with Gasteiger partial charge in [0, 0.05) is 31.9 Å². The maximum Gasteiger partial charge on any atom is 0.226 e. The molecule has 1 amide bonds. The van der Waals surface area contributed by atoms with Crippen LogP contribution in [0, 0.1) is 5.92 Å². The first-order chi connectivity index (χ1) is 15.7. The van der Waals surface area contributed by atoms with Crippen molar-refractivity contribution in [3.63, 3.8) is 0 Å². The second-order valence-electron chi connectivity index (χ2n) is 9.06. The summed E-state index contributed by atoms with van der Waals surface area (Å²) >= 11 is 0. The van der Waals surface area contributed by atoms with E-state index in [0.717, 1.165) is 38.2 Å². The lowest BCUT2D eigenvalue weighted by molar-refractivity contribution is -0.126. The van der Waals surface area contributed by atoms with Gasteiger partial charge in [-0.3, -0.25) is 9.69 Å². The standard InChI is InChI=1S/C28H31N3O/c1-21(23-12-6-3-7-13-23)29-28(32)25-18-24-14-8-9-15-26(24)31-17-16-30(20-27(25)31)19-22-10-4-2-5-11-22/h2-15,21,25,27H,16-20H2,1H3,(H,29,32)/t21-,25+,27-/m0/s1. The van der Waals surface area contributed by atoms with Gasteiger partial charge in [-0.05, 0) is 36.1 Å². The van der Waals surface area contributed by atoms with Crippen LogP contribution in [-0.4, -0.2) is 36.5 Å². The molecule has 2 aliphatic rings. The van der Waals surface area contributed by atoms with Crippen LogP contribution < -0.4 is 10.2 Å². The van der Waals surface area contributed by atoms with E-state index in [1.165, 1.54) is 16.8 Å². The van der Waals surface area contributed by atoms with Crippen LogP contribution in [0.1, 0.15) is 29.7 Å². The molecule has 1 N–H and O–H groups in total. The maximum atomic E-state index is 13.6. The third-order valence-electron chi connectivity index (χ3n) is 6.95. The summed E-state index contributed by atoms with van der Waals surface area (Å²) in [5.41, 5.74) is 5.06. The second-order valence-corrected chi connectivity index (χ2v) is 9.06. The fourth-order valence-corrected chi connectivity index (χ4v) is 5.25. The van der Waals surface area contributed by atoms with Gasteiger partial charge in [0.25, 0.3) is 0 Å². The van der Waals surface area contributed by atoms with E-state index in [9.17, 15) is 4.79 Å². The summed E-state index contributed by atoms with van der Waals surface area (Å²) in [6.45, 7) is 5.87. The summed E-state index contributed by atoms with van der Waals surface area (Å²) in [6.07, 6.45) is 0.795. The number of anilines is 1. The molecule has 0 radical (unpaired) electrons. The van der Waals surface area contributed by atoms with Crippen molar-refractivity contribution < 1.29 is 4.79 Å². The normalized spacial score (nSPS) is 21.3. The Morgan fingerprint density at radius 3 is 2.41 bits per heavy atom. The van der Waals surface area contributed by atoms with Crippen LogP contribution in [0.3, 0.4) is 0 Å². The number of carbonyl (C=O) groups is 1. The number of hydrogen-bond donors (Lipinski definition) is 1. The minimum Gasteiger partial charge on any atom is -0.365 e. The van der Waals surface area contributed by atoms with Gasteiger partial charge in [0.2, 0.25) is 5.91 Å². The van der Waals surface area contributed by atoms with E-state index < -0.39 is 0 Å². The molecule has 164 valence electrons. The molecule has 0 spiro atoms. The average molecular weight is 426 g/mol. The van der Waals surface area contributed by atoms with E-state index in [4.69, 9.17) is 0 Å². The molecular weight excluding hydrogens is 394 g/mol. The first kappa shape index (κ1) is 20.8. The van der Waals surface area contributed by atoms with Crippen molar-refractivity contribution in [1.82, 2.24) is 10.2 Å². The minimum atomic E-state index is -0.0605. The molecule has 1 fully saturated rings. The summed E-state index contributed by atoms with van der Waals surface area (Å²) in [7, 11) is 0. The van der Waals surface area contributed by atoms with Crippen LogP contribution in [0.5, 0.6) is 0 Å². The number of rotatable bonds is 5. The highest BCUT2D eigenvalue weighted by Crippen LogP contribution is 2.36. The van der Waals surface area contributed by atoms with E-state index in [-0.39, 0.29) is 23.9 Å². The fourth-order valence-electron chi connectivity index (χ4n) is 5.25. The molecule has 2 aliphatic heterocycles. The number of nitrogens with zero attached hydrogens (tertiary/aromatic N) is 2. The summed E-state index contributed by atoms with van der Waals surface area (Å²) < 4.78 is 0. The molecular formula is C28H31N3O. The van der Waals surface area contributed by atoms with Gasteiger partial charge in [-0.1, -0.05) is 78.9 Å². The average Bonchev–Trinajstić information content (AvgIpc) is 2.84. The molecule has 4 heteroatoms. The number of nitrogens with one attached hydrogen (secondary N) is 1. The van der Waals surface area contributed by atoms with Gasteiger partial charge in [0.05, 0.1) is 18.0 Å². The highest BCUT2D eigenvalue weighted by Gasteiger charge is 2.41. The smallest absolute Gasteiger partial charge is 0.226 e. The quantitative estimate of drug-likeness (QED) is 0.657. The number of para-hydroxylation sites is 1. The Labute approximate surface area is 190 Å². The van der Waals surface area contributed by atoms with Gasteiger partial charge in [-0.2, -0.15) is 0 Å². The van der Waals surface area contributed by atoms with E-state index in [1.807, 2.05) is 18.2 Å². The summed E-state index contributed by atoms with van der Waals surface area (Å²) in [5.74, 6) is 0.0991. The monoisotopic (exact) mass is 425 g/mol. The van der Waals surface area contributed by atoms with Crippen molar-refractivity contribution in [3.05, 3.63) is 102 Å². The summed E-state index contributed by atoms with van der Waals surface area (Å²) in [6, 6.07) is 29.7. The Hall–Kier alpha value is -3.11. The molecule has 0 aromatic heterocycles. The first-order valence-corrected chi connectivity index (χ1v) is 11.6. The highest BCUT2D eigenvalue weighted by molar-refractivity contribution is 5.82. The third kappa shape index (κ3) is 4.28. The van der Waals surface area contributed by atoms with Gasteiger partial charge < -0.3 is 10.2 Å². The number of carbonyl (C=O) groups excluding carboxylic acids is 1. The molecule has 0 saturated carbocycles. The maximum absolute atomic E-state index is 13.6. The predicted octanol–water partition coefficient (Wildman–Crippen LogP) is 4.43. The Morgan fingerprint density at radius 1 is 0.938 bits per heavy atom. The summed E-state index contributed by atoms with van der Waals surface area (Å²) in [4.78, 5) is 18.5. The SMILES string of the molecule is C[C@H](NC(=O)[C@@H]1Cc2ccccc2N2CCN(Cc3ccccc3)C[C@@H]12)c1ccccc1. The van der Waals surface area contributed by atoms with Crippen molar-refractivity contribution in [2.75, 3.05) is 24.5 Å². The Morgan fingerprint density at radius 2 is 1.62 bits per heavy atom. The van der Waals surface area contributed by atoms with Crippen LogP contribution in [0.2, 0.25) is 0 Å². The Bertz CT molecular complexity index is 1050. The van der Waals surface area contributed by atoms with Crippen LogP contribution in [-0.2, 0) is 17.8 Å². The molecule has 32 heavy (non-hydrogen) atoms. The van der Waals surface area contributed by atoms with Gasteiger partial charge in [-0.15, -0.1) is 0 Å². The third-order valence-corrected chi connectivity index (χ3v) is 6.95. The lowest BCUT2D eigenvalue weighted by atomic mass is 9.83. The van der Waals surface area contributed by atoms with Gasteiger partial charge in [-0.25, -0.2) is 0 Å². The molecule has 0 unspecified atom stereocenters. The lowest BCUT2D eigenvalue weighted by Gasteiger charge is -2.49. The van der Waals surface area contributed by atoms with E-state index in [0.29, 0.717) is 0 Å². The molecule has 3 aromatic rings. The van der Waals surface area contributed by atoms with E-state index >= 15 is 0 Å². The topological polar surface area (TPSA) is 35.6 Å². The molecule has 3 aromatic carbocycles. The van der Waals surface area contributed by atoms with Crippen LogP contribution in [0.25, 0.3) is 0 Å². The zero-order valence-corrected chi connectivity index (χ0v) is 18.7. The van der Waals surface area contributed by atoms with Crippen molar-refractivity contribution in [1.29, 1.82) is 0 Å². The number of benzene rings is 3. The molecule has 0 bridgehead atoms. The lowest BCUT2D eigenvalue weighted by Crippen LogP contribution is -2.61. The number of piperazine rings is 1. The summed E-state index contributed by atoms with van der Waals surface area (Å²) in [5, 5.41) is 3.31. The zero-order valence-electron chi connectivity index (χ0n) is 18.7. The van der Waals surface area contributed by atoms with Crippen molar-refractivity contribution in [2.24, 2.45) is 5.92 Å². The van der Waals surface area contributed by atoms with E-state index in [2.05, 4.69) is 88.8 Å². The molecule has 3 atom stereocenters. The van der Waals surface area contributed by atoms with Crippen LogP contribution >= 0.6 is 0 Å². The van der Waals surface area contributed by atoms with Crippen LogP contribution in [0.15, 0.2) is 84.9 Å². The van der Waals surface area contributed by atoms with Crippen LogP contribution in [0.4, 0.5) is 5.69 Å². The van der Waals surface area contributed by atoms with E-state index in [1.54, 1.807) is 0 Å². The molecule has 1 saturated heterocycles. The van der Waals surface area contributed by atoms with Crippen molar-refractivity contribution >= 4 is 11.6 Å². The Kier molecular flexibility index (Phi) is 5.95. The number of fused-ring (bicyclic) bond motifs is 3. The fraction of sp³-hybridized carbons (Fsp3) is 0.321. The second kappa shape index (κ2) is 9.17. The Balaban J connectivity index is 1.37. The zero-order chi connectivity index (χ0) is 21.9. The molecule has 4 nitrogen and oxygen atoms in total. The van der Waals surface area contributed by atoms with Crippen molar-refractivity contribution in [3.8, 4) is 0 Å². The number of amides is 1. The van der Waals surface area contributed by atoms with Gasteiger partial charge >= 0.3 is 0 Å². The predicted molar refractivity (Wildman–Crippen MR) is 129 cm³/mol. The largest absolute Gasteiger partial charge is 0.365 e. The minimum absolute atomic E-state index is 0.00154. The van der Waals surface area contributed by atoms with Gasteiger partial charge in [0.15, 0.2) is 0 Å². The molecule has 5 rings (SSSR count).